The molecule has 0 N–H and O–H groups in total. The molecule has 0 aliphatic carbocycles. The van der Waals surface area contributed by atoms with E-state index in [4.69, 9.17) is 0 Å². The topological polar surface area (TPSA) is 17.1 Å². The van der Waals surface area contributed by atoms with Crippen molar-refractivity contribution in [3.63, 3.8) is 0 Å². The molecule has 0 unspecified atom stereocenters. The first-order valence-electron chi connectivity index (χ1n) is 6.23. The number of carbonyl (C=O) groups is 1. The van der Waals surface area contributed by atoms with E-state index in [1.54, 1.807) is 0 Å². The van der Waals surface area contributed by atoms with Crippen LogP contribution in [0.5, 0.6) is 0 Å². The van der Waals surface area contributed by atoms with Crippen molar-refractivity contribution < 1.29 is 9.28 Å². The first kappa shape index (κ1) is 13.7. The molecule has 17 heavy (non-hydrogen) atoms. The van der Waals surface area contributed by atoms with Gasteiger partial charge in [-0.2, -0.15) is 0 Å². The molecule has 0 radical (unpaired) electrons. The molecule has 0 fully saturated rings. The van der Waals surface area contributed by atoms with Gasteiger partial charge in [-0.25, -0.2) is 0 Å². The van der Waals surface area contributed by atoms with Crippen LogP contribution in [-0.2, 0) is 0 Å². The van der Waals surface area contributed by atoms with E-state index < -0.39 is 0 Å². The summed E-state index contributed by atoms with van der Waals surface area (Å²) in [6.45, 7) is 9.38. The predicted octanol–water partition coefficient (Wildman–Crippen LogP) is 3.06. The van der Waals surface area contributed by atoms with Gasteiger partial charge in [-0.15, -0.1) is 23.8 Å². The Balaban J connectivity index is 2.80. The average Bonchev–Trinajstić information content (AvgIpc) is 2.41. The van der Waals surface area contributed by atoms with Crippen LogP contribution in [-0.4, -0.2) is 29.9 Å². The summed E-state index contributed by atoms with van der Waals surface area (Å²) in [5, 5.41) is 0. The van der Waals surface area contributed by atoms with Crippen LogP contribution in [0.15, 0.2) is 36.5 Å². The molecule has 0 heterocycles. The zero-order chi connectivity index (χ0) is 12.7. The Morgan fingerprint density at radius 2 is 1.65 bits per heavy atom. The monoisotopic (exact) mass is 231 g/mol. The van der Waals surface area contributed by atoms with Gasteiger partial charge < -0.3 is 9.28 Å². The highest BCUT2D eigenvalue weighted by Gasteiger charge is 2.14. The highest BCUT2D eigenvalue weighted by molar-refractivity contribution is 6.01. The van der Waals surface area contributed by atoms with Gasteiger partial charge in [0.2, 0.25) is 0 Å². The lowest BCUT2D eigenvalue weighted by Crippen LogP contribution is -2.42. The highest BCUT2D eigenvalue weighted by Crippen LogP contribution is 2.08. The SMILES string of the molecule is CC[N+](C=[C-]C(=O)c1ccccc1)(CC)CC. The summed E-state index contributed by atoms with van der Waals surface area (Å²) in [7, 11) is 0. The van der Waals surface area contributed by atoms with Gasteiger partial charge in [0.05, 0.1) is 19.6 Å². The molecule has 0 bridgehead atoms. The van der Waals surface area contributed by atoms with E-state index in [9.17, 15) is 4.79 Å². The van der Waals surface area contributed by atoms with Gasteiger partial charge in [-0.1, -0.05) is 18.2 Å². The second-order valence-electron chi connectivity index (χ2n) is 4.14. The van der Waals surface area contributed by atoms with Gasteiger partial charge in [-0.05, 0) is 20.8 Å². The fourth-order valence-corrected chi connectivity index (χ4v) is 1.81. The number of carbonyl (C=O) groups excluding carboxylic acids is 1. The maximum absolute atomic E-state index is 11.9. The van der Waals surface area contributed by atoms with Gasteiger partial charge >= 0.3 is 0 Å². The molecule has 0 atom stereocenters. The number of hydrogen-bond acceptors (Lipinski definition) is 1. The molecule has 1 aromatic carbocycles. The fourth-order valence-electron chi connectivity index (χ4n) is 1.81. The van der Waals surface area contributed by atoms with Crippen molar-refractivity contribution in [2.45, 2.75) is 20.8 Å². The van der Waals surface area contributed by atoms with Crippen LogP contribution in [0.25, 0.3) is 0 Å². The Labute approximate surface area is 104 Å². The van der Waals surface area contributed by atoms with Gasteiger partial charge in [0.15, 0.2) is 0 Å². The van der Waals surface area contributed by atoms with E-state index in [2.05, 4.69) is 26.8 Å². The molecule has 0 aromatic heterocycles. The van der Waals surface area contributed by atoms with Crippen molar-refractivity contribution in [2.24, 2.45) is 0 Å². The maximum Gasteiger partial charge on any atom is 0.0787 e. The smallest absolute Gasteiger partial charge is 0.0787 e. The minimum Gasteiger partial charge on any atom is -0.332 e. The van der Waals surface area contributed by atoms with Crippen LogP contribution >= 0.6 is 0 Å². The normalized spacial score (nSPS) is 11.9. The maximum atomic E-state index is 11.9. The largest absolute Gasteiger partial charge is 0.332 e. The molecule has 1 aromatic rings. The summed E-state index contributed by atoms with van der Waals surface area (Å²) in [5.41, 5.74) is 0.699. The van der Waals surface area contributed by atoms with E-state index in [1.807, 2.05) is 36.5 Å². The van der Waals surface area contributed by atoms with E-state index in [1.165, 1.54) is 0 Å². The fraction of sp³-hybridized carbons (Fsp3) is 0.400. The van der Waals surface area contributed by atoms with Crippen molar-refractivity contribution in [3.8, 4) is 0 Å². The summed E-state index contributed by atoms with van der Waals surface area (Å²) in [6.07, 6.45) is 4.81. The Morgan fingerprint density at radius 1 is 1.12 bits per heavy atom. The van der Waals surface area contributed by atoms with Crippen LogP contribution in [0.2, 0.25) is 0 Å². The van der Waals surface area contributed by atoms with E-state index in [-0.39, 0.29) is 5.78 Å². The molecule has 0 saturated heterocycles. The number of Topliss-reactive ketones (excluding diaryl/α,β-unsaturated/α-hetero) is 1. The van der Waals surface area contributed by atoms with Gasteiger partial charge in [0.25, 0.3) is 0 Å². The van der Waals surface area contributed by atoms with Crippen LogP contribution in [0.3, 0.4) is 0 Å². The molecule has 1 rings (SSSR count). The van der Waals surface area contributed by atoms with Crippen molar-refractivity contribution in [1.82, 2.24) is 0 Å². The molecular weight excluding hydrogens is 210 g/mol. The summed E-state index contributed by atoms with van der Waals surface area (Å²) < 4.78 is 0.804. The number of benzene rings is 1. The quantitative estimate of drug-likeness (QED) is 0.318. The van der Waals surface area contributed by atoms with E-state index in [0.29, 0.717) is 5.56 Å². The molecule has 0 amide bonds. The second kappa shape index (κ2) is 6.36. The Bertz CT molecular complexity index is 369. The summed E-state index contributed by atoms with van der Waals surface area (Å²) in [6, 6.07) is 9.29. The molecule has 0 saturated carbocycles. The first-order valence-corrected chi connectivity index (χ1v) is 6.23. The van der Waals surface area contributed by atoms with E-state index in [0.717, 1.165) is 24.1 Å². The molecular formula is C15H21NO. The number of allylic oxidation sites excluding steroid dienone is 1. The predicted molar refractivity (Wildman–Crippen MR) is 70.5 cm³/mol. The van der Waals surface area contributed by atoms with Crippen molar-refractivity contribution in [3.05, 3.63) is 48.2 Å². The lowest BCUT2D eigenvalue weighted by molar-refractivity contribution is -0.874. The lowest BCUT2D eigenvalue weighted by atomic mass is 10.1. The molecule has 0 aliphatic heterocycles. The first-order chi connectivity index (χ1) is 8.17. The number of hydrogen-bond donors (Lipinski definition) is 0. The minimum absolute atomic E-state index is 0.0385. The number of ketones is 1. The van der Waals surface area contributed by atoms with Crippen molar-refractivity contribution in [2.75, 3.05) is 19.6 Å². The van der Waals surface area contributed by atoms with Crippen LogP contribution in [0.4, 0.5) is 0 Å². The number of nitrogens with zero attached hydrogens (tertiary/aromatic N) is 1. The molecule has 2 heteroatoms. The summed E-state index contributed by atoms with van der Waals surface area (Å²) in [4.78, 5) is 11.9. The zero-order valence-electron chi connectivity index (χ0n) is 10.9. The van der Waals surface area contributed by atoms with E-state index >= 15 is 0 Å². The minimum atomic E-state index is -0.0385. The van der Waals surface area contributed by atoms with Gasteiger partial charge in [0, 0.05) is 12.0 Å². The average molecular weight is 231 g/mol. The molecule has 0 aliphatic rings. The Hall–Kier alpha value is -1.41. The van der Waals surface area contributed by atoms with Crippen LogP contribution in [0, 0.1) is 6.08 Å². The van der Waals surface area contributed by atoms with Gasteiger partial charge in [-0.3, -0.25) is 0 Å². The Kier molecular flexibility index (Phi) is 5.11. The third-order valence-electron chi connectivity index (χ3n) is 3.39. The third kappa shape index (κ3) is 3.53. The number of quaternary nitrogens is 1. The summed E-state index contributed by atoms with van der Waals surface area (Å²) in [5.74, 6) is -0.0385. The van der Waals surface area contributed by atoms with Crippen molar-refractivity contribution in [1.29, 1.82) is 0 Å². The third-order valence-corrected chi connectivity index (χ3v) is 3.39. The highest BCUT2D eigenvalue weighted by atomic mass is 16.1. The standard InChI is InChI=1S/C15H21NO/c1-4-16(5-2,6-3)13-12-15(17)14-10-8-7-9-11-14/h7-11,13H,4-6H2,1-3H3. The summed E-state index contributed by atoms with van der Waals surface area (Å²) >= 11 is 0. The molecule has 92 valence electrons. The van der Waals surface area contributed by atoms with Gasteiger partial charge in [0.1, 0.15) is 0 Å². The Morgan fingerprint density at radius 3 is 2.12 bits per heavy atom. The number of rotatable bonds is 6. The lowest BCUT2D eigenvalue weighted by Gasteiger charge is -2.33. The second-order valence-corrected chi connectivity index (χ2v) is 4.14. The van der Waals surface area contributed by atoms with Crippen LogP contribution < -0.4 is 0 Å². The zero-order valence-corrected chi connectivity index (χ0v) is 10.9. The molecule has 0 spiro atoms. The molecule has 2 nitrogen and oxygen atoms in total. The van der Waals surface area contributed by atoms with Crippen molar-refractivity contribution >= 4 is 5.78 Å². The van der Waals surface area contributed by atoms with Crippen LogP contribution in [0.1, 0.15) is 31.1 Å².